The molecule has 0 aliphatic carbocycles. The standard InChI is InChI=1S/C14H13ClF3NO3/c1-8-4-9(6-10(15)5-8)11(20)19-3-2-13(7-19,12(21)22)14(16,17)18/h4-6H,2-3,7H2,1H3,(H,21,22). The lowest BCUT2D eigenvalue weighted by Gasteiger charge is -2.27. The fourth-order valence-corrected chi connectivity index (χ4v) is 2.84. The van der Waals surface area contributed by atoms with Crippen LogP contribution in [0.1, 0.15) is 22.3 Å². The van der Waals surface area contributed by atoms with E-state index in [0.29, 0.717) is 10.6 Å². The second kappa shape index (κ2) is 5.46. The summed E-state index contributed by atoms with van der Waals surface area (Å²) in [6.07, 6.45) is -5.57. The summed E-state index contributed by atoms with van der Waals surface area (Å²) >= 11 is 5.84. The van der Waals surface area contributed by atoms with Crippen LogP contribution >= 0.6 is 11.6 Å². The predicted octanol–water partition coefficient (Wildman–Crippen LogP) is 3.13. The maximum absolute atomic E-state index is 13.1. The van der Waals surface area contributed by atoms with Crippen molar-refractivity contribution >= 4 is 23.5 Å². The van der Waals surface area contributed by atoms with E-state index in [4.69, 9.17) is 16.7 Å². The van der Waals surface area contributed by atoms with E-state index in [0.717, 1.165) is 4.90 Å². The van der Waals surface area contributed by atoms with Gasteiger partial charge >= 0.3 is 12.1 Å². The average Bonchev–Trinajstić information content (AvgIpc) is 2.82. The van der Waals surface area contributed by atoms with Crippen LogP contribution in [0.5, 0.6) is 0 Å². The van der Waals surface area contributed by atoms with E-state index in [2.05, 4.69) is 0 Å². The third-order valence-electron chi connectivity index (χ3n) is 3.80. The summed E-state index contributed by atoms with van der Waals surface area (Å²) in [6.45, 7) is 0.538. The molecule has 0 spiro atoms. The topological polar surface area (TPSA) is 57.6 Å². The van der Waals surface area contributed by atoms with Gasteiger partial charge in [-0.1, -0.05) is 11.6 Å². The molecule has 0 saturated carbocycles. The molecular formula is C14H13ClF3NO3. The van der Waals surface area contributed by atoms with Crippen LogP contribution < -0.4 is 0 Å². The molecule has 22 heavy (non-hydrogen) atoms. The third kappa shape index (κ3) is 2.77. The van der Waals surface area contributed by atoms with Crippen LogP contribution in [0.4, 0.5) is 13.2 Å². The minimum atomic E-state index is -4.92. The number of aliphatic carboxylic acids is 1. The number of halogens is 4. The molecule has 0 radical (unpaired) electrons. The van der Waals surface area contributed by atoms with Crippen molar-refractivity contribution in [3.05, 3.63) is 34.3 Å². The third-order valence-corrected chi connectivity index (χ3v) is 4.02. The quantitative estimate of drug-likeness (QED) is 0.903. The van der Waals surface area contributed by atoms with Gasteiger partial charge in [0.15, 0.2) is 5.41 Å². The Morgan fingerprint density at radius 2 is 1.95 bits per heavy atom. The number of alkyl halides is 3. The number of nitrogens with zero attached hydrogens (tertiary/aromatic N) is 1. The number of carboxylic acids is 1. The van der Waals surface area contributed by atoms with E-state index < -0.39 is 36.4 Å². The van der Waals surface area contributed by atoms with Crippen molar-refractivity contribution in [2.75, 3.05) is 13.1 Å². The summed E-state index contributed by atoms with van der Waals surface area (Å²) in [5.74, 6) is -2.62. The van der Waals surface area contributed by atoms with Gasteiger partial charge in [-0.15, -0.1) is 0 Å². The van der Waals surface area contributed by atoms with Crippen molar-refractivity contribution in [3.8, 4) is 0 Å². The van der Waals surface area contributed by atoms with Crippen molar-refractivity contribution in [1.29, 1.82) is 0 Å². The van der Waals surface area contributed by atoms with Gasteiger partial charge in [0.1, 0.15) is 0 Å². The van der Waals surface area contributed by atoms with E-state index in [1.54, 1.807) is 13.0 Å². The molecule has 1 saturated heterocycles. The van der Waals surface area contributed by atoms with Crippen molar-refractivity contribution < 1.29 is 27.9 Å². The first-order valence-corrected chi connectivity index (χ1v) is 6.81. The Hall–Kier alpha value is -1.76. The lowest BCUT2D eigenvalue weighted by molar-refractivity contribution is -0.227. The molecule has 1 aromatic rings. The summed E-state index contributed by atoms with van der Waals surface area (Å²) in [7, 11) is 0. The number of likely N-dealkylation sites (tertiary alicyclic amines) is 1. The van der Waals surface area contributed by atoms with Gasteiger partial charge in [-0.05, 0) is 37.1 Å². The molecule has 1 heterocycles. The van der Waals surface area contributed by atoms with Crippen LogP contribution in [0.25, 0.3) is 0 Å². The molecule has 1 unspecified atom stereocenters. The van der Waals surface area contributed by atoms with Crippen molar-refractivity contribution in [1.82, 2.24) is 4.90 Å². The molecule has 1 atom stereocenters. The van der Waals surface area contributed by atoms with E-state index >= 15 is 0 Å². The van der Waals surface area contributed by atoms with Gasteiger partial charge in [0, 0.05) is 23.7 Å². The van der Waals surface area contributed by atoms with E-state index in [9.17, 15) is 22.8 Å². The molecule has 1 aromatic carbocycles. The van der Waals surface area contributed by atoms with Crippen LogP contribution in [-0.2, 0) is 4.79 Å². The zero-order valence-corrected chi connectivity index (χ0v) is 12.3. The second-order valence-electron chi connectivity index (χ2n) is 5.38. The summed E-state index contributed by atoms with van der Waals surface area (Å²) in [5, 5.41) is 9.27. The molecule has 1 N–H and O–H groups in total. The van der Waals surface area contributed by atoms with Gasteiger partial charge < -0.3 is 10.0 Å². The van der Waals surface area contributed by atoms with Crippen LogP contribution in [0.2, 0.25) is 5.02 Å². The van der Waals surface area contributed by atoms with Gasteiger partial charge in [0.2, 0.25) is 0 Å². The number of hydrogen-bond acceptors (Lipinski definition) is 2. The maximum Gasteiger partial charge on any atom is 0.406 e. The highest BCUT2D eigenvalue weighted by Gasteiger charge is 2.64. The van der Waals surface area contributed by atoms with Crippen molar-refractivity contribution in [2.24, 2.45) is 5.41 Å². The Kier molecular flexibility index (Phi) is 4.12. The largest absolute Gasteiger partial charge is 0.481 e. The number of carboxylic acid groups (broad SMARTS) is 1. The maximum atomic E-state index is 13.1. The summed E-state index contributed by atoms with van der Waals surface area (Å²) in [4.78, 5) is 24.3. The minimum Gasteiger partial charge on any atom is -0.481 e. The lowest BCUT2D eigenvalue weighted by Crippen LogP contribution is -2.47. The summed E-state index contributed by atoms with van der Waals surface area (Å²) < 4.78 is 39.3. The van der Waals surface area contributed by atoms with Crippen LogP contribution in [0, 0.1) is 12.3 Å². The van der Waals surface area contributed by atoms with Crippen molar-refractivity contribution in [3.63, 3.8) is 0 Å². The smallest absolute Gasteiger partial charge is 0.406 e. The van der Waals surface area contributed by atoms with E-state index in [1.165, 1.54) is 12.1 Å². The number of amides is 1. The first-order valence-electron chi connectivity index (χ1n) is 6.43. The molecule has 0 aromatic heterocycles. The predicted molar refractivity (Wildman–Crippen MR) is 72.8 cm³/mol. The molecule has 1 amide bonds. The Morgan fingerprint density at radius 1 is 1.32 bits per heavy atom. The van der Waals surface area contributed by atoms with Gasteiger partial charge in [-0.3, -0.25) is 9.59 Å². The molecular weight excluding hydrogens is 323 g/mol. The Morgan fingerprint density at radius 3 is 2.41 bits per heavy atom. The second-order valence-corrected chi connectivity index (χ2v) is 5.82. The first kappa shape index (κ1) is 16.6. The highest BCUT2D eigenvalue weighted by molar-refractivity contribution is 6.31. The fraction of sp³-hybridized carbons (Fsp3) is 0.429. The van der Waals surface area contributed by atoms with Gasteiger partial charge in [0.05, 0.1) is 0 Å². The van der Waals surface area contributed by atoms with Crippen LogP contribution in [0.3, 0.4) is 0 Å². The monoisotopic (exact) mass is 335 g/mol. The Balaban J connectivity index is 2.29. The number of carbonyl (C=O) groups excluding carboxylic acids is 1. The normalized spacial score (nSPS) is 22.0. The van der Waals surface area contributed by atoms with Gasteiger partial charge in [0.25, 0.3) is 5.91 Å². The first-order chi connectivity index (χ1) is 10.1. The van der Waals surface area contributed by atoms with Gasteiger partial charge in [-0.2, -0.15) is 13.2 Å². The molecule has 120 valence electrons. The molecule has 2 rings (SSSR count). The summed E-state index contributed by atoms with van der Waals surface area (Å²) in [6, 6.07) is 4.47. The minimum absolute atomic E-state index is 0.147. The SMILES string of the molecule is Cc1cc(Cl)cc(C(=O)N2CCC(C(=O)O)(C(F)(F)F)C2)c1. The fourth-order valence-electron chi connectivity index (χ4n) is 2.55. The molecule has 4 nitrogen and oxygen atoms in total. The lowest BCUT2D eigenvalue weighted by atomic mass is 9.86. The molecule has 1 aliphatic heterocycles. The molecule has 1 fully saturated rings. The zero-order chi connectivity index (χ0) is 16.7. The highest BCUT2D eigenvalue weighted by atomic mass is 35.5. The number of hydrogen-bond donors (Lipinski definition) is 1. The van der Waals surface area contributed by atoms with E-state index in [1.807, 2.05) is 0 Å². The average molecular weight is 336 g/mol. The van der Waals surface area contributed by atoms with Crippen LogP contribution in [0.15, 0.2) is 18.2 Å². The number of aryl methyl sites for hydroxylation is 1. The van der Waals surface area contributed by atoms with Gasteiger partial charge in [-0.25, -0.2) is 0 Å². The van der Waals surface area contributed by atoms with Crippen molar-refractivity contribution in [2.45, 2.75) is 19.5 Å². The molecule has 8 heteroatoms. The zero-order valence-electron chi connectivity index (χ0n) is 11.6. The molecule has 1 aliphatic rings. The Bertz CT molecular complexity index is 612. The Labute approximate surface area is 129 Å². The summed E-state index contributed by atoms with van der Waals surface area (Å²) in [5.41, 5.74) is -2.07. The number of benzene rings is 1. The van der Waals surface area contributed by atoms with Crippen LogP contribution in [-0.4, -0.2) is 41.1 Å². The van der Waals surface area contributed by atoms with E-state index in [-0.39, 0.29) is 12.1 Å². The molecule has 0 bridgehead atoms. The highest BCUT2D eigenvalue weighted by Crippen LogP contribution is 2.46. The number of carbonyl (C=O) groups is 2. The number of rotatable bonds is 2.